The molecule has 78 valence electrons. The van der Waals surface area contributed by atoms with Gasteiger partial charge in [-0.2, -0.15) is 8.42 Å². The fourth-order valence-corrected chi connectivity index (χ4v) is 1.14. The SMILES string of the molecule is CC(CC(=O)O)NCCS(=O)(=O)O. The van der Waals surface area contributed by atoms with Gasteiger partial charge in [0, 0.05) is 12.6 Å². The van der Waals surface area contributed by atoms with Gasteiger partial charge in [0.2, 0.25) is 0 Å². The number of carbonyl (C=O) groups is 1. The Bertz CT molecular complexity index is 260. The molecular weight excluding hydrogens is 198 g/mol. The van der Waals surface area contributed by atoms with Gasteiger partial charge < -0.3 is 10.4 Å². The van der Waals surface area contributed by atoms with Crippen LogP contribution < -0.4 is 5.32 Å². The summed E-state index contributed by atoms with van der Waals surface area (Å²) in [4.78, 5) is 10.2. The van der Waals surface area contributed by atoms with Crippen LogP contribution in [0.1, 0.15) is 13.3 Å². The number of aliphatic carboxylic acids is 1. The number of rotatable bonds is 6. The van der Waals surface area contributed by atoms with Crippen LogP contribution in [0.3, 0.4) is 0 Å². The molecule has 0 heterocycles. The third-order valence-electron chi connectivity index (χ3n) is 1.33. The van der Waals surface area contributed by atoms with Crippen LogP contribution >= 0.6 is 0 Å². The van der Waals surface area contributed by atoms with Crippen molar-refractivity contribution in [2.45, 2.75) is 19.4 Å². The summed E-state index contributed by atoms with van der Waals surface area (Å²) in [7, 11) is -3.96. The van der Waals surface area contributed by atoms with E-state index in [4.69, 9.17) is 9.66 Å². The first-order valence-corrected chi connectivity index (χ1v) is 5.32. The summed E-state index contributed by atoms with van der Waals surface area (Å²) in [6.07, 6.45) is -0.0779. The van der Waals surface area contributed by atoms with Crippen LogP contribution in [0, 0.1) is 0 Å². The van der Waals surface area contributed by atoms with E-state index in [1.807, 2.05) is 0 Å². The van der Waals surface area contributed by atoms with Crippen molar-refractivity contribution in [3.8, 4) is 0 Å². The minimum atomic E-state index is -3.96. The Morgan fingerprint density at radius 2 is 2.08 bits per heavy atom. The van der Waals surface area contributed by atoms with Gasteiger partial charge in [-0.25, -0.2) is 0 Å². The summed E-state index contributed by atoms with van der Waals surface area (Å²) in [5, 5.41) is 11.0. The maximum Gasteiger partial charge on any atom is 0.304 e. The van der Waals surface area contributed by atoms with Crippen molar-refractivity contribution in [3.63, 3.8) is 0 Å². The van der Waals surface area contributed by atoms with E-state index < -0.39 is 21.8 Å². The zero-order valence-corrected chi connectivity index (χ0v) is 8.04. The van der Waals surface area contributed by atoms with Crippen molar-refractivity contribution < 1.29 is 22.9 Å². The summed E-state index contributed by atoms with van der Waals surface area (Å²) < 4.78 is 28.8. The summed E-state index contributed by atoms with van der Waals surface area (Å²) in [6.45, 7) is 1.67. The van der Waals surface area contributed by atoms with Crippen molar-refractivity contribution in [3.05, 3.63) is 0 Å². The number of hydrogen-bond acceptors (Lipinski definition) is 4. The Kier molecular flexibility index (Phi) is 4.89. The first-order valence-electron chi connectivity index (χ1n) is 3.71. The predicted molar refractivity (Wildman–Crippen MR) is 46.1 cm³/mol. The van der Waals surface area contributed by atoms with E-state index in [1.165, 1.54) is 0 Å². The van der Waals surface area contributed by atoms with Crippen LogP contribution in [0.5, 0.6) is 0 Å². The highest BCUT2D eigenvalue weighted by molar-refractivity contribution is 7.85. The Morgan fingerprint density at radius 1 is 1.54 bits per heavy atom. The number of carboxylic acid groups (broad SMARTS) is 1. The van der Waals surface area contributed by atoms with Crippen molar-refractivity contribution in [1.82, 2.24) is 5.32 Å². The highest BCUT2D eigenvalue weighted by atomic mass is 32.2. The summed E-state index contributed by atoms with van der Waals surface area (Å²) in [5.74, 6) is -1.36. The van der Waals surface area contributed by atoms with Crippen molar-refractivity contribution in [2.75, 3.05) is 12.3 Å². The minimum Gasteiger partial charge on any atom is -0.481 e. The molecule has 0 amide bonds. The van der Waals surface area contributed by atoms with Crippen LogP contribution in [0.15, 0.2) is 0 Å². The lowest BCUT2D eigenvalue weighted by Gasteiger charge is -2.09. The Labute approximate surface area is 76.7 Å². The molecule has 0 saturated heterocycles. The van der Waals surface area contributed by atoms with Crippen LogP contribution in [-0.2, 0) is 14.9 Å². The molecule has 0 aliphatic carbocycles. The third-order valence-corrected chi connectivity index (χ3v) is 2.05. The molecule has 0 fully saturated rings. The lowest BCUT2D eigenvalue weighted by atomic mass is 10.2. The van der Waals surface area contributed by atoms with Gasteiger partial charge in [-0.3, -0.25) is 9.35 Å². The Morgan fingerprint density at radius 3 is 2.46 bits per heavy atom. The second-order valence-corrected chi connectivity index (χ2v) is 4.31. The molecule has 0 aliphatic heterocycles. The standard InChI is InChI=1S/C6H13NO5S/c1-5(4-6(8)9)7-2-3-13(10,11)12/h5,7H,2-4H2,1H3,(H,8,9)(H,10,11,12). The molecule has 13 heavy (non-hydrogen) atoms. The molecule has 0 radical (unpaired) electrons. The average molecular weight is 211 g/mol. The molecule has 0 aliphatic rings. The largest absolute Gasteiger partial charge is 0.481 e. The zero-order valence-electron chi connectivity index (χ0n) is 7.23. The van der Waals surface area contributed by atoms with Gasteiger partial charge in [-0.05, 0) is 6.92 Å². The molecular formula is C6H13NO5S. The fraction of sp³-hybridized carbons (Fsp3) is 0.833. The van der Waals surface area contributed by atoms with Crippen molar-refractivity contribution >= 4 is 16.1 Å². The van der Waals surface area contributed by atoms with E-state index in [1.54, 1.807) is 6.92 Å². The molecule has 0 spiro atoms. The number of nitrogens with one attached hydrogen (secondary N) is 1. The maximum atomic E-state index is 10.2. The second kappa shape index (κ2) is 5.15. The maximum absolute atomic E-state index is 10.2. The normalized spacial score (nSPS) is 14.0. The number of hydrogen-bond donors (Lipinski definition) is 3. The molecule has 0 aromatic carbocycles. The zero-order chi connectivity index (χ0) is 10.5. The lowest BCUT2D eigenvalue weighted by Crippen LogP contribution is -2.32. The van der Waals surface area contributed by atoms with E-state index in [9.17, 15) is 13.2 Å². The molecule has 0 bridgehead atoms. The van der Waals surface area contributed by atoms with Gasteiger partial charge in [-0.15, -0.1) is 0 Å². The summed E-state index contributed by atoms with van der Waals surface area (Å²) in [5.41, 5.74) is 0. The predicted octanol–water partition coefficient (Wildman–Crippen LogP) is -0.673. The monoisotopic (exact) mass is 211 g/mol. The first kappa shape index (κ1) is 12.3. The Balaban J connectivity index is 3.60. The minimum absolute atomic E-state index is 0.0489. The molecule has 0 aromatic heterocycles. The van der Waals surface area contributed by atoms with Crippen LogP contribution in [0.25, 0.3) is 0 Å². The lowest BCUT2D eigenvalue weighted by molar-refractivity contribution is -0.137. The van der Waals surface area contributed by atoms with Gasteiger partial charge >= 0.3 is 5.97 Å². The van der Waals surface area contributed by atoms with Gasteiger partial charge in [0.05, 0.1) is 12.2 Å². The highest BCUT2D eigenvalue weighted by Gasteiger charge is 2.08. The highest BCUT2D eigenvalue weighted by Crippen LogP contribution is 1.89. The van der Waals surface area contributed by atoms with Gasteiger partial charge in [-0.1, -0.05) is 0 Å². The molecule has 6 nitrogen and oxygen atoms in total. The van der Waals surface area contributed by atoms with Crippen molar-refractivity contribution in [2.24, 2.45) is 0 Å². The summed E-state index contributed by atoms with van der Waals surface area (Å²) >= 11 is 0. The molecule has 0 aromatic rings. The summed E-state index contributed by atoms with van der Waals surface area (Å²) in [6, 6.07) is -0.306. The number of carboxylic acids is 1. The third kappa shape index (κ3) is 9.25. The molecule has 0 saturated carbocycles. The smallest absolute Gasteiger partial charge is 0.304 e. The topological polar surface area (TPSA) is 104 Å². The van der Waals surface area contributed by atoms with Crippen LogP contribution in [0.4, 0.5) is 0 Å². The van der Waals surface area contributed by atoms with Gasteiger partial charge in [0.15, 0.2) is 0 Å². The fourth-order valence-electron chi connectivity index (χ4n) is 0.768. The Hall–Kier alpha value is -0.660. The molecule has 3 N–H and O–H groups in total. The van der Waals surface area contributed by atoms with E-state index in [0.29, 0.717) is 0 Å². The van der Waals surface area contributed by atoms with E-state index in [0.717, 1.165) is 0 Å². The molecule has 0 rings (SSSR count). The van der Waals surface area contributed by atoms with Gasteiger partial charge in [0.25, 0.3) is 10.1 Å². The first-order chi connectivity index (χ1) is 5.81. The van der Waals surface area contributed by atoms with Crippen LogP contribution in [-0.4, -0.2) is 42.4 Å². The average Bonchev–Trinajstić information content (AvgIpc) is 1.81. The molecule has 1 atom stereocenters. The molecule has 1 unspecified atom stereocenters. The molecule has 7 heteroatoms. The van der Waals surface area contributed by atoms with E-state index in [2.05, 4.69) is 5.32 Å². The second-order valence-electron chi connectivity index (χ2n) is 2.74. The van der Waals surface area contributed by atoms with Crippen molar-refractivity contribution in [1.29, 1.82) is 0 Å². The quantitative estimate of drug-likeness (QED) is 0.503. The van der Waals surface area contributed by atoms with E-state index in [-0.39, 0.29) is 19.0 Å². The van der Waals surface area contributed by atoms with Crippen LogP contribution in [0.2, 0.25) is 0 Å². The van der Waals surface area contributed by atoms with E-state index >= 15 is 0 Å². The van der Waals surface area contributed by atoms with Gasteiger partial charge in [0.1, 0.15) is 0 Å².